The maximum atomic E-state index is 3.95. The van der Waals surface area contributed by atoms with E-state index < -0.39 is 0 Å². The largest absolute Gasteiger partial charge is 0.100 e. The van der Waals surface area contributed by atoms with Gasteiger partial charge in [-0.15, -0.1) is 6.58 Å². The van der Waals surface area contributed by atoms with E-state index in [0.29, 0.717) is 0 Å². The van der Waals surface area contributed by atoms with Crippen LogP contribution in [-0.2, 0) is 0 Å². The van der Waals surface area contributed by atoms with Crippen LogP contribution in [0.25, 0.3) is 0 Å². The Morgan fingerprint density at radius 2 is 1.91 bits per heavy atom. The van der Waals surface area contributed by atoms with E-state index in [0.717, 1.165) is 11.8 Å². The molecule has 0 aromatic carbocycles. The molecule has 1 atom stereocenters. The van der Waals surface area contributed by atoms with Gasteiger partial charge in [-0.3, -0.25) is 0 Å². The van der Waals surface area contributed by atoms with Gasteiger partial charge in [-0.05, 0) is 31.6 Å². The molecule has 1 unspecified atom stereocenters. The second-order valence-electron chi connectivity index (χ2n) is 4.07. The molecule has 0 heterocycles. The topological polar surface area (TPSA) is 0 Å². The van der Waals surface area contributed by atoms with Crippen molar-refractivity contribution in [1.29, 1.82) is 0 Å². The summed E-state index contributed by atoms with van der Waals surface area (Å²) >= 11 is 0. The molecule has 0 fully saturated rings. The predicted octanol–water partition coefficient (Wildman–Crippen LogP) is 4.02. The van der Waals surface area contributed by atoms with Crippen LogP contribution < -0.4 is 0 Å². The standard InChI is InChI=1S/C11H22/c1-6-11(7-9(2)3)8-10(4)5/h10-11H,2,6-8H2,1,3-5H3. The van der Waals surface area contributed by atoms with Crippen LogP contribution in [-0.4, -0.2) is 0 Å². The van der Waals surface area contributed by atoms with E-state index >= 15 is 0 Å². The van der Waals surface area contributed by atoms with Crippen molar-refractivity contribution in [2.24, 2.45) is 11.8 Å². The van der Waals surface area contributed by atoms with E-state index in [4.69, 9.17) is 0 Å². The Balaban J connectivity index is 3.66. The van der Waals surface area contributed by atoms with Gasteiger partial charge in [-0.1, -0.05) is 32.8 Å². The van der Waals surface area contributed by atoms with E-state index in [1.54, 1.807) is 0 Å². The number of rotatable bonds is 5. The molecule has 0 aromatic heterocycles. The zero-order valence-electron chi connectivity index (χ0n) is 8.48. The summed E-state index contributed by atoms with van der Waals surface area (Å²) in [5.41, 5.74) is 1.33. The first kappa shape index (κ1) is 10.7. The Morgan fingerprint density at radius 1 is 1.36 bits per heavy atom. The summed E-state index contributed by atoms with van der Waals surface area (Å²) in [4.78, 5) is 0. The van der Waals surface area contributed by atoms with Crippen LogP contribution in [0.5, 0.6) is 0 Å². The summed E-state index contributed by atoms with van der Waals surface area (Å²) in [7, 11) is 0. The summed E-state index contributed by atoms with van der Waals surface area (Å²) in [5.74, 6) is 1.70. The fourth-order valence-corrected chi connectivity index (χ4v) is 1.55. The van der Waals surface area contributed by atoms with Crippen molar-refractivity contribution in [3.63, 3.8) is 0 Å². The van der Waals surface area contributed by atoms with Crippen molar-refractivity contribution in [3.8, 4) is 0 Å². The van der Waals surface area contributed by atoms with Crippen LogP contribution >= 0.6 is 0 Å². The van der Waals surface area contributed by atoms with Crippen molar-refractivity contribution in [3.05, 3.63) is 12.2 Å². The molecular formula is C11H22. The number of hydrogen-bond donors (Lipinski definition) is 0. The van der Waals surface area contributed by atoms with Crippen molar-refractivity contribution < 1.29 is 0 Å². The summed E-state index contributed by atoms with van der Waals surface area (Å²) in [6.45, 7) is 12.9. The quantitative estimate of drug-likeness (QED) is 0.524. The van der Waals surface area contributed by atoms with Crippen molar-refractivity contribution >= 4 is 0 Å². The van der Waals surface area contributed by atoms with Crippen LogP contribution in [0, 0.1) is 11.8 Å². The molecule has 0 saturated carbocycles. The lowest BCUT2D eigenvalue weighted by Gasteiger charge is -2.16. The monoisotopic (exact) mass is 154 g/mol. The van der Waals surface area contributed by atoms with Crippen LogP contribution in [0.15, 0.2) is 12.2 Å². The lowest BCUT2D eigenvalue weighted by atomic mass is 9.90. The molecule has 11 heavy (non-hydrogen) atoms. The molecule has 0 spiro atoms. The minimum Gasteiger partial charge on any atom is -0.100 e. The van der Waals surface area contributed by atoms with Gasteiger partial charge >= 0.3 is 0 Å². The number of hydrogen-bond acceptors (Lipinski definition) is 0. The van der Waals surface area contributed by atoms with Crippen LogP contribution in [0.2, 0.25) is 0 Å². The summed E-state index contributed by atoms with van der Waals surface area (Å²) in [5, 5.41) is 0. The van der Waals surface area contributed by atoms with Gasteiger partial charge in [0.2, 0.25) is 0 Å². The van der Waals surface area contributed by atoms with Gasteiger partial charge < -0.3 is 0 Å². The molecule has 66 valence electrons. The molecule has 0 aliphatic rings. The Morgan fingerprint density at radius 3 is 2.18 bits per heavy atom. The van der Waals surface area contributed by atoms with Gasteiger partial charge in [0.25, 0.3) is 0 Å². The minimum absolute atomic E-state index is 0.833. The highest BCUT2D eigenvalue weighted by atomic mass is 14.1. The van der Waals surface area contributed by atoms with Gasteiger partial charge in [0.1, 0.15) is 0 Å². The lowest BCUT2D eigenvalue weighted by Crippen LogP contribution is -2.03. The third kappa shape index (κ3) is 6.15. The molecule has 0 radical (unpaired) electrons. The second kappa shape index (κ2) is 5.40. The van der Waals surface area contributed by atoms with Crippen LogP contribution in [0.1, 0.15) is 47.0 Å². The van der Waals surface area contributed by atoms with Crippen LogP contribution in [0.3, 0.4) is 0 Å². The van der Waals surface area contributed by atoms with Gasteiger partial charge in [0.05, 0.1) is 0 Å². The summed E-state index contributed by atoms with van der Waals surface area (Å²) in [6, 6.07) is 0. The fraction of sp³-hybridized carbons (Fsp3) is 0.818. The predicted molar refractivity (Wildman–Crippen MR) is 52.7 cm³/mol. The molecule has 0 heteroatoms. The highest BCUT2D eigenvalue weighted by Gasteiger charge is 2.07. The first-order valence-electron chi connectivity index (χ1n) is 4.70. The lowest BCUT2D eigenvalue weighted by molar-refractivity contribution is 0.396. The molecule has 0 aliphatic carbocycles. The van der Waals surface area contributed by atoms with Crippen molar-refractivity contribution in [2.45, 2.75) is 47.0 Å². The van der Waals surface area contributed by atoms with Gasteiger partial charge in [0.15, 0.2) is 0 Å². The average Bonchev–Trinajstić information content (AvgIpc) is 1.84. The molecule has 0 amide bonds. The van der Waals surface area contributed by atoms with Crippen molar-refractivity contribution in [1.82, 2.24) is 0 Å². The number of allylic oxidation sites excluding steroid dienone is 1. The summed E-state index contributed by atoms with van der Waals surface area (Å²) in [6.07, 6.45) is 3.86. The molecular weight excluding hydrogens is 132 g/mol. The average molecular weight is 154 g/mol. The Labute approximate surface area is 71.7 Å². The molecule has 0 rings (SSSR count). The zero-order valence-corrected chi connectivity index (χ0v) is 8.48. The third-order valence-electron chi connectivity index (χ3n) is 2.02. The molecule has 0 aliphatic heterocycles. The molecule has 0 bridgehead atoms. The Hall–Kier alpha value is -0.260. The maximum Gasteiger partial charge on any atom is -0.0297 e. The third-order valence-corrected chi connectivity index (χ3v) is 2.02. The van der Waals surface area contributed by atoms with E-state index in [1.165, 1.54) is 24.8 Å². The van der Waals surface area contributed by atoms with Gasteiger partial charge in [-0.25, -0.2) is 0 Å². The highest BCUT2D eigenvalue weighted by molar-refractivity contribution is 4.90. The first-order chi connectivity index (χ1) is 5.06. The van der Waals surface area contributed by atoms with Gasteiger partial charge in [-0.2, -0.15) is 0 Å². The molecule has 0 saturated heterocycles. The zero-order chi connectivity index (χ0) is 8.85. The summed E-state index contributed by atoms with van der Waals surface area (Å²) < 4.78 is 0. The second-order valence-corrected chi connectivity index (χ2v) is 4.07. The molecule has 0 nitrogen and oxygen atoms in total. The van der Waals surface area contributed by atoms with Gasteiger partial charge in [0, 0.05) is 0 Å². The minimum atomic E-state index is 0.833. The first-order valence-corrected chi connectivity index (χ1v) is 4.70. The fourth-order valence-electron chi connectivity index (χ4n) is 1.55. The Bertz CT molecular complexity index is 111. The molecule has 0 N–H and O–H groups in total. The van der Waals surface area contributed by atoms with E-state index in [1.807, 2.05) is 0 Å². The maximum absolute atomic E-state index is 3.95. The van der Waals surface area contributed by atoms with E-state index in [9.17, 15) is 0 Å². The Kier molecular flexibility index (Phi) is 5.27. The molecule has 0 aromatic rings. The van der Waals surface area contributed by atoms with Crippen LogP contribution in [0.4, 0.5) is 0 Å². The highest BCUT2D eigenvalue weighted by Crippen LogP contribution is 2.21. The SMILES string of the molecule is C=C(C)CC(CC)CC(C)C. The smallest absolute Gasteiger partial charge is 0.0297 e. The van der Waals surface area contributed by atoms with E-state index in [-0.39, 0.29) is 0 Å². The van der Waals surface area contributed by atoms with E-state index in [2.05, 4.69) is 34.3 Å². The van der Waals surface area contributed by atoms with Crippen molar-refractivity contribution in [2.75, 3.05) is 0 Å². The normalized spacial score (nSPS) is 13.5.